The maximum absolute atomic E-state index is 9.28. The van der Waals surface area contributed by atoms with Gasteiger partial charge in [0.2, 0.25) is 0 Å². The van der Waals surface area contributed by atoms with E-state index in [-0.39, 0.29) is 0 Å². The van der Waals surface area contributed by atoms with Crippen molar-refractivity contribution in [3.05, 3.63) is 66.2 Å². The topological polar surface area (TPSA) is 33.0 Å². The quantitative estimate of drug-likeness (QED) is 0.804. The minimum atomic E-state index is -1.14. The van der Waals surface area contributed by atoms with Crippen LogP contribution in [-0.2, 0) is 4.51 Å². The van der Waals surface area contributed by atoms with Gasteiger partial charge in [-0.2, -0.15) is 5.26 Å². The number of halogens is 1. The van der Waals surface area contributed by atoms with E-state index in [1.165, 1.54) is 0 Å². The second-order valence-electron chi connectivity index (χ2n) is 3.49. The van der Waals surface area contributed by atoms with Crippen molar-refractivity contribution in [3.63, 3.8) is 0 Å². The third-order valence-electron chi connectivity index (χ3n) is 2.29. The maximum Gasteiger partial charge on any atom is 0.274 e. The Labute approximate surface area is 109 Å². The van der Waals surface area contributed by atoms with Crippen LogP contribution in [0.15, 0.2) is 60.7 Å². The van der Waals surface area contributed by atoms with Gasteiger partial charge in [-0.1, -0.05) is 48.5 Å². The molecule has 0 aliphatic carbocycles. The van der Waals surface area contributed by atoms with Crippen LogP contribution in [0.25, 0.3) is 0 Å². The van der Waals surface area contributed by atoms with Crippen molar-refractivity contribution in [1.29, 1.82) is 5.26 Å². The lowest BCUT2D eigenvalue weighted by Gasteiger charge is -2.21. The number of para-hydroxylation sites is 1. The lowest BCUT2D eigenvalue weighted by Crippen LogP contribution is -2.23. The van der Waals surface area contributed by atoms with Gasteiger partial charge in [-0.25, -0.2) is 0 Å². The summed E-state index contributed by atoms with van der Waals surface area (Å²) in [6.45, 7) is 0. The van der Waals surface area contributed by atoms with Crippen LogP contribution in [0.5, 0.6) is 5.75 Å². The molecule has 0 radical (unpaired) electrons. The molecule has 3 heteroatoms. The Morgan fingerprint density at radius 3 is 2.00 bits per heavy atom. The van der Waals surface area contributed by atoms with Gasteiger partial charge in [-0.3, -0.25) is 0 Å². The molecule has 0 saturated heterocycles. The van der Waals surface area contributed by atoms with E-state index in [0.29, 0.717) is 5.75 Å². The van der Waals surface area contributed by atoms with Gasteiger partial charge in [0.15, 0.2) is 0 Å². The summed E-state index contributed by atoms with van der Waals surface area (Å²) in [6, 6.07) is 20.7. The molecule has 0 fully saturated rings. The fourth-order valence-corrected chi connectivity index (χ4v) is 1.90. The first-order valence-electron chi connectivity index (χ1n) is 5.14. The summed E-state index contributed by atoms with van der Waals surface area (Å²) in [7, 11) is 0. The predicted octanol–water partition coefficient (Wildman–Crippen LogP) is 3.84. The highest BCUT2D eigenvalue weighted by Crippen LogP contribution is 2.33. The van der Waals surface area contributed by atoms with Crippen LogP contribution in [0.4, 0.5) is 0 Å². The monoisotopic (exact) mass is 287 g/mol. The normalized spacial score (nSPS) is 13.4. The molecule has 2 aromatic rings. The SMILES string of the molecule is N#CC(Br)(Oc1ccccc1)c1ccccc1. The zero-order valence-corrected chi connectivity index (χ0v) is 10.6. The number of ether oxygens (including phenoxy) is 1. The molecule has 0 N–H and O–H groups in total. The predicted molar refractivity (Wildman–Crippen MR) is 69.7 cm³/mol. The molecule has 1 atom stereocenters. The number of benzene rings is 2. The molecule has 1 unspecified atom stereocenters. The van der Waals surface area contributed by atoms with Crippen molar-refractivity contribution >= 4 is 15.9 Å². The summed E-state index contributed by atoms with van der Waals surface area (Å²) in [5.74, 6) is 0.648. The van der Waals surface area contributed by atoms with Crippen LogP contribution >= 0.6 is 15.9 Å². The molecule has 2 nitrogen and oxygen atoms in total. The minimum Gasteiger partial charge on any atom is -0.458 e. The second-order valence-corrected chi connectivity index (χ2v) is 4.60. The maximum atomic E-state index is 9.28. The first-order chi connectivity index (χ1) is 8.24. The Morgan fingerprint density at radius 1 is 0.941 bits per heavy atom. The molecule has 0 aliphatic rings. The largest absolute Gasteiger partial charge is 0.458 e. The number of nitrogens with zero attached hydrogens (tertiary/aromatic N) is 1. The fraction of sp³-hybridized carbons (Fsp3) is 0.0714. The molecule has 0 aliphatic heterocycles. The lowest BCUT2D eigenvalue weighted by molar-refractivity contribution is 0.234. The minimum absolute atomic E-state index is 0.648. The average molecular weight is 288 g/mol. The van der Waals surface area contributed by atoms with E-state index in [4.69, 9.17) is 4.74 Å². The summed E-state index contributed by atoms with van der Waals surface area (Å²) >= 11 is 3.35. The van der Waals surface area contributed by atoms with Crippen molar-refractivity contribution in [1.82, 2.24) is 0 Å². The van der Waals surface area contributed by atoms with E-state index in [0.717, 1.165) is 5.56 Å². The van der Waals surface area contributed by atoms with Crippen molar-refractivity contribution in [2.24, 2.45) is 0 Å². The smallest absolute Gasteiger partial charge is 0.274 e. The molecule has 0 saturated carbocycles. The molecule has 0 spiro atoms. The Kier molecular flexibility index (Phi) is 3.46. The Morgan fingerprint density at radius 2 is 1.47 bits per heavy atom. The van der Waals surface area contributed by atoms with Gasteiger partial charge in [-0.15, -0.1) is 0 Å². The fourth-order valence-electron chi connectivity index (χ4n) is 1.45. The van der Waals surface area contributed by atoms with Gasteiger partial charge < -0.3 is 4.74 Å². The molecular formula is C14H10BrNO. The molecular weight excluding hydrogens is 278 g/mol. The van der Waals surface area contributed by atoms with Gasteiger partial charge in [0.1, 0.15) is 11.8 Å². The number of hydrogen-bond acceptors (Lipinski definition) is 2. The zero-order valence-electron chi connectivity index (χ0n) is 9.01. The molecule has 0 aromatic heterocycles. The van der Waals surface area contributed by atoms with E-state index in [1.54, 1.807) is 0 Å². The number of alkyl halides is 1. The zero-order chi connectivity index (χ0) is 12.1. The van der Waals surface area contributed by atoms with Crippen LogP contribution in [0.3, 0.4) is 0 Å². The Balaban J connectivity index is 2.31. The second kappa shape index (κ2) is 5.03. The molecule has 0 heterocycles. The Bertz CT molecular complexity index is 521. The van der Waals surface area contributed by atoms with Crippen LogP contribution in [0.1, 0.15) is 5.56 Å². The molecule has 17 heavy (non-hydrogen) atoms. The summed E-state index contributed by atoms with van der Waals surface area (Å²) < 4.78 is 4.55. The van der Waals surface area contributed by atoms with Crippen LogP contribution < -0.4 is 4.74 Å². The summed E-state index contributed by atoms with van der Waals surface area (Å²) in [5.41, 5.74) is 0.770. The number of nitriles is 1. The highest BCUT2D eigenvalue weighted by atomic mass is 79.9. The van der Waals surface area contributed by atoms with E-state index >= 15 is 0 Å². The first kappa shape index (κ1) is 11.7. The highest BCUT2D eigenvalue weighted by molar-refractivity contribution is 9.09. The first-order valence-corrected chi connectivity index (χ1v) is 5.94. The van der Waals surface area contributed by atoms with E-state index in [2.05, 4.69) is 22.0 Å². The van der Waals surface area contributed by atoms with Crippen LogP contribution in [0, 0.1) is 11.3 Å². The molecule has 84 valence electrons. The van der Waals surface area contributed by atoms with E-state index < -0.39 is 4.51 Å². The third kappa shape index (κ3) is 2.66. The van der Waals surface area contributed by atoms with Crippen molar-refractivity contribution < 1.29 is 4.74 Å². The molecule has 0 bridgehead atoms. The molecule has 2 aromatic carbocycles. The molecule has 0 amide bonds. The average Bonchev–Trinajstić information content (AvgIpc) is 2.41. The third-order valence-corrected chi connectivity index (χ3v) is 3.09. The van der Waals surface area contributed by atoms with Gasteiger partial charge in [0.05, 0.1) is 0 Å². The van der Waals surface area contributed by atoms with Crippen molar-refractivity contribution in [2.75, 3.05) is 0 Å². The number of rotatable bonds is 3. The van der Waals surface area contributed by atoms with E-state index in [9.17, 15) is 5.26 Å². The number of hydrogen-bond donors (Lipinski definition) is 0. The van der Waals surface area contributed by atoms with Gasteiger partial charge in [0, 0.05) is 5.56 Å². The standard InChI is InChI=1S/C14H10BrNO/c15-14(11-16,12-7-3-1-4-8-12)17-13-9-5-2-6-10-13/h1-10H. The highest BCUT2D eigenvalue weighted by Gasteiger charge is 2.31. The summed E-state index contributed by atoms with van der Waals surface area (Å²) in [6.07, 6.45) is 0. The van der Waals surface area contributed by atoms with Gasteiger partial charge in [-0.05, 0) is 28.1 Å². The van der Waals surface area contributed by atoms with Crippen LogP contribution in [0.2, 0.25) is 0 Å². The van der Waals surface area contributed by atoms with Gasteiger partial charge >= 0.3 is 0 Å². The molecule has 2 rings (SSSR count). The summed E-state index contributed by atoms with van der Waals surface area (Å²) in [4.78, 5) is 0. The van der Waals surface area contributed by atoms with Gasteiger partial charge in [0.25, 0.3) is 4.51 Å². The summed E-state index contributed by atoms with van der Waals surface area (Å²) in [5, 5.41) is 9.28. The van der Waals surface area contributed by atoms with E-state index in [1.807, 2.05) is 60.7 Å². The lowest BCUT2D eigenvalue weighted by atomic mass is 10.1. The van der Waals surface area contributed by atoms with Crippen LogP contribution in [-0.4, -0.2) is 0 Å². The van der Waals surface area contributed by atoms with Crippen molar-refractivity contribution in [2.45, 2.75) is 4.51 Å². The Hall–Kier alpha value is -1.79. The van der Waals surface area contributed by atoms with Crippen molar-refractivity contribution in [3.8, 4) is 11.8 Å².